The molecule has 1 aliphatic heterocycles. The summed E-state index contributed by atoms with van der Waals surface area (Å²) in [6.45, 7) is 5.89. The van der Waals surface area contributed by atoms with Crippen LogP contribution in [0.4, 0.5) is 0 Å². The zero-order valence-electron chi connectivity index (χ0n) is 15.3. The highest BCUT2D eigenvalue weighted by Gasteiger charge is 2.22. The second kappa shape index (κ2) is 10.3. The van der Waals surface area contributed by atoms with Gasteiger partial charge in [-0.05, 0) is 31.9 Å². The summed E-state index contributed by atoms with van der Waals surface area (Å²) >= 11 is 0. The van der Waals surface area contributed by atoms with Crippen molar-refractivity contribution in [2.75, 3.05) is 33.9 Å². The normalized spacial score (nSPS) is 20.6. The molecule has 24 heavy (non-hydrogen) atoms. The molecule has 1 aromatic rings. The van der Waals surface area contributed by atoms with Gasteiger partial charge in [0.15, 0.2) is 5.96 Å². The van der Waals surface area contributed by atoms with Crippen LogP contribution in [-0.4, -0.2) is 56.8 Å². The molecule has 0 aromatic heterocycles. The number of hydrogen-bond acceptors (Lipinski definition) is 3. The van der Waals surface area contributed by atoms with Gasteiger partial charge < -0.3 is 15.4 Å². The van der Waals surface area contributed by atoms with Gasteiger partial charge in [-0.15, -0.1) is 0 Å². The highest BCUT2D eigenvalue weighted by Crippen LogP contribution is 2.19. The zero-order valence-corrected chi connectivity index (χ0v) is 15.3. The summed E-state index contributed by atoms with van der Waals surface area (Å²) in [5.41, 5.74) is 1.39. The first-order valence-electron chi connectivity index (χ1n) is 8.97. The number of aliphatic imine (C=N–C) groups is 1. The van der Waals surface area contributed by atoms with Gasteiger partial charge in [0.2, 0.25) is 0 Å². The maximum atomic E-state index is 5.17. The zero-order chi connectivity index (χ0) is 17.2. The van der Waals surface area contributed by atoms with Gasteiger partial charge in [0.05, 0.1) is 6.61 Å². The minimum absolute atomic E-state index is 0.243. The van der Waals surface area contributed by atoms with Crippen LogP contribution in [0.15, 0.2) is 35.3 Å². The number of rotatable bonds is 7. The Bertz CT molecular complexity index is 491. The molecule has 2 unspecified atom stereocenters. The summed E-state index contributed by atoms with van der Waals surface area (Å²) in [7, 11) is 3.54. The van der Waals surface area contributed by atoms with E-state index in [9.17, 15) is 0 Å². The van der Waals surface area contributed by atoms with Crippen LogP contribution in [-0.2, 0) is 11.3 Å². The Kier molecular flexibility index (Phi) is 8.05. The van der Waals surface area contributed by atoms with Crippen LogP contribution in [0.3, 0.4) is 0 Å². The Hall–Kier alpha value is -1.59. The number of guanidine groups is 1. The number of methoxy groups -OCH3 is 1. The molecular weight excluding hydrogens is 300 g/mol. The van der Waals surface area contributed by atoms with Crippen LogP contribution in [0.5, 0.6) is 0 Å². The average molecular weight is 332 g/mol. The average Bonchev–Trinajstić information content (AvgIpc) is 2.61. The van der Waals surface area contributed by atoms with Crippen molar-refractivity contribution in [3.8, 4) is 0 Å². The Morgan fingerprint density at radius 1 is 1.33 bits per heavy atom. The highest BCUT2D eigenvalue weighted by molar-refractivity contribution is 5.79. The number of benzene rings is 1. The van der Waals surface area contributed by atoms with Crippen molar-refractivity contribution in [2.24, 2.45) is 4.99 Å². The van der Waals surface area contributed by atoms with E-state index in [1.54, 1.807) is 7.11 Å². The molecule has 0 aliphatic carbocycles. The number of ether oxygens (including phenoxy) is 1. The Morgan fingerprint density at radius 2 is 2.12 bits per heavy atom. The first-order valence-corrected chi connectivity index (χ1v) is 8.97. The molecule has 5 heteroatoms. The number of hydrogen-bond donors (Lipinski definition) is 2. The Balaban J connectivity index is 1.86. The van der Waals surface area contributed by atoms with E-state index in [2.05, 4.69) is 57.8 Å². The third kappa shape index (κ3) is 6.13. The molecule has 2 N–H and O–H groups in total. The van der Waals surface area contributed by atoms with E-state index in [-0.39, 0.29) is 6.04 Å². The van der Waals surface area contributed by atoms with Crippen LogP contribution in [0, 0.1) is 0 Å². The molecule has 0 saturated carbocycles. The lowest BCUT2D eigenvalue weighted by Gasteiger charge is -2.36. The van der Waals surface area contributed by atoms with Gasteiger partial charge in [0, 0.05) is 39.3 Å². The van der Waals surface area contributed by atoms with Crippen LogP contribution in [0.2, 0.25) is 0 Å². The van der Waals surface area contributed by atoms with Gasteiger partial charge in [0.25, 0.3) is 0 Å². The van der Waals surface area contributed by atoms with E-state index in [0.717, 1.165) is 19.0 Å². The van der Waals surface area contributed by atoms with Crippen molar-refractivity contribution < 1.29 is 4.74 Å². The van der Waals surface area contributed by atoms with E-state index in [4.69, 9.17) is 4.74 Å². The topological polar surface area (TPSA) is 48.9 Å². The summed E-state index contributed by atoms with van der Waals surface area (Å²) in [5, 5.41) is 6.85. The summed E-state index contributed by atoms with van der Waals surface area (Å²) in [6.07, 6.45) is 3.84. The molecular formula is C19H32N4O. The monoisotopic (exact) mass is 332 g/mol. The summed E-state index contributed by atoms with van der Waals surface area (Å²) in [6, 6.07) is 11.5. The first-order chi connectivity index (χ1) is 11.7. The third-order valence-electron chi connectivity index (χ3n) is 4.51. The minimum atomic E-state index is 0.243. The Morgan fingerprint density at radius 3 is 2.83 bits per heavy atom. The maximum absolute atomic E-state index is 5.17. The van der Waals surface area contributed by atoms with Crippen molar-refractivity contribution in [1.29, 1.82) is 0 Å². The second-order valence-corrected chi connectivity index (χ2v) is 6.56. The predicted octanol–water partition coefficient (Wildman–Crippen LogP) is 2.24. The smallest absolute Gasteiger partial charge is 0.191 e. The van der Waals surface area contributed by atoms with Crippen molar-refractivity contribution in [1.82, 2.24) is 15.5 Å². The van der Waals surface area contributed by atoms with E-state index in [1.807, 2.05) is 7.05 Å². The number of nitrogens with zero attached hydrogens (tertiary/aromatic N) is 2. The largest absolute Gasteiger partial charge is 0.383 e. The molecule has 0 radical (unpaired) electrons. The SMILES string of the molecule is CN=C(NCC1CCCCN1Cc1ccccc1)NC(C)COC. The van der Waals surface area contributed by atoms with Gasteiger partial charge >= 0.3 is 0 Å². The fourth-order valence-electron chi connectivity index (χ4n) is 3.25. The van der Waals surface area contributed by atoms with Gasteiger partial charge in [-0.1, -0.05) is 36.8 Å². The number of likely N-dealkylation sites (tertiary alicyclic amines) is 1. The van der Waals surface area contributed by atoms with Crippen molar-refractivity contribution in [3.05, 3.63) is 35.9 Å². The molecule has 1 heterocycles. The molecule has 1 aromatic carbocycles. The van der Waals surface area contributed by atoms with Crippen molar-refractivity contribution in [2.45, 2.75) is 44.8 Å². The lowest BCUT2D eigenvalue weighted by Crippen LogP contribution is -2.50. The molecule has 2 atom stereocenters. The van der Waals surface area contributed by atoms with Crippen LogP contribution in [0.1, 0.15) is 31.7 Å². The first kappa shape index (κ1) is 18.7. The van der Waals surface area contributed by atoms with Crippen LogP contribution < -0.4 is 10.6 Å². The molecule has 1 fully saturated rings. The summed E-state index contributed by atoms with van der Waals surface area (Å²) in [5.74, 6) is 0.852. The standard InChI is InChI=1S/C19H32N4O/c1-16(15-24-3)22-19(20-2)21-13-18-11-7-8-12-23(18)14-17-9-5-4-6-10-17/h4-6,9-10,16,18H,7-8,11-15H2,1-3H3,(H2,20,21,22). The van der Waals surface area contributed by atoms with Gasteiger partial charge in [0.1, 0.15) is 0 Å². The van der Waals surface area contributed by atoms with E-state index < -0.39 is 0 Å². The molecule has 0 amide bonds. The van der Waals surface area contributed by atoms with Crippen molar-refractivity contribution >= 4 is 5.96 Å². The van der Waals surface area contributed by atoms with Crippen LogP contribution in [0.25, 0.3) is 0 Å². The Labute approximate surface area is 146 Å². The maximum Gasteiger partial charge on any atom is 0.191 e. The van der Waals surface area contributed by atoms with E-state index >= 15 is 0 Å². The third-order valence-corrected chi connectivity index (χ3v) is 4.51. The molecule has 1 aliphatic rings. The van der Waals surface area contributed by atoms with Gasteiger partial charge in [-0.25, -0.2) is 0 Å². The quantitative estimate of drug-likeness (QED) is 0.594. The molecule has 0 spiro atoms. The minimum Gasteiger partial charge on any atom is -0.383 e. The number of nitrogens with one attached hydrogen (secondary N) is 2. The molecule has 0 bridgehead atoms. The lowest BCUT2D eigenvalue weighted by atomic mass is 10.0. The van der Waals surface area contributed by atoms with Gasteiger partial charge in [-0.2, -0.15) is 0 Å². The lowest BCUT2D eigenvalue weighted by molar-refractivity contribution is 0.141. The second-order valence-electron chi connectivity index (χ2n) is 6.56. The molecule has 134 valence electrons. The summed E-state index contributed by atoms with van der Waals surface area (Å²) in [4.78, 5) is 6.92. The number of piperidine rings is 1. The van der Waals surface area contributed by atoms with E-state index in [0.29, 0.717) is 12.6 Å². The summed E-state index contributed by atoms with van der Waals surface area (Å²) < 4.78 is 5.17. The highest BCUT2D eigenvalue weighted by atomic mass is 16.5. The van der Waals surface area contributed by atoms with Gasteiger partial charge in [-0.3, -0.25) is 9.89 Å². The van der Waals surface area contributed by atoms with Crippen molar-refractivity contribution in [3.63, 3.8) is 0 Å². The predicted molar refractivity (Wildman–Crippen MR) is 100 cm³/mol. The molecule has 5 nitrogen and oxygen atoms in total. The fraction of sp³-hybridized carbons (Fsp3) is 0.632. The fourth-order valence-corrected chi connectivity index (χ4v) is 3.25. The van der Waals surface area contributed by atoms with Crippen LogP contribution >= 0.6 is 0 Å². The molecule has 2 rings (SSSR count). The molecule has 1 saturated heterocycles. The van der Waals surface area contributed by atoms with E-state index in [1.165, 1.54) is 31.4 Å².